The molecule has 1 heterocycles. The Labute approximate surface area is 187 Å². The Morgan fingerprint density at radius 2 is 1.63 bits per heavy atom. The van der Waals surface area contributed by atoms with Crippen molar-refractivity contribution in [2.24, 2.45) is 0 Å². The minimum absolute atomic E-state index is 0.00433. The van der Waals surface area contributed by atoms with Crippen molar-refractivity contribution >= 4 is 40.6 Å². The average Bonchev–Trinajstić information content (AvgIpc) is 2.93. The molecular weight excluding hydrogens is 431 g/mol. The van der Waals surface area contributed by atoms with E-state index in [0.29, 0.717) is 41.9 Å². The molecule has 0 spiro atoms. The molecule has 2 rings (SSSR count). The second-order valence-corrected chi connectivity index (χ2v) is 7.85. The Kier molecular flexibility index (Phi) is 9.58. The first kappa shape index (κ1) is 24.6. The van der Waals surface area contributed by atoms with Gasteiger partial charge in [0.15, 0.2) is 0 Å². The molecule has 1 aromatic rings. The molecule has 0 radical (unpaired) electrons. The lowest BCUT2D eigenvalue weighted by Crippen LogP contribution is -2.39. The van der Waals surface area contributed by atoms with Crippen LogP contribution in [0.15, 0.2) is 23.9 Å². The van der Waals surface area contributed by atoms with Crippen LogP contribution >= 0.6 is 23.2 Å². The van der Waals surface area contributed by atoms with Crippen LogP contribution in [0.25, 0.3) is 5.57 Å². The van der Waals surface area contributed by atoms with E-state index in [1.807, 2.05) is 13.8 Å². The fourth-order valence-electron chi connectivity index (χ4n) is 3.11. The zero-order chi connectivity index (χ0) is 22.3. The summed E-state index contributed by atoms with van der Waals surface area (Å²) in [4.78, 5) is 29.6. The Morgan fingerprint density at radius 3 is 2.17 bits per heavy atom. The minimum Gasteiger partial charge on any atom is -0.383 e. The molecule has 1 aromatic carbocycles. The first-order chi connectivity index (χ1) is 14.3. The van der Waals surface area contributed by atoms with Crippen LogP contribution in [-0.2, 0) is 23.8 Å². The predicted octanol–water partition coefficient (Wildman–Crippen LogP) is 3.09. The molecule has 0 saturated heterocycles. The summed E-state index contributed by atoms with van der Waals surface area (Å²) in [7, 11) is 3.16. The van der Waals surface area contributed by atoms with Gasteiger partial charge in [0.1, 0.15) is 5.70 Å². The van der Waals surface area contributed by atoms with Gasteiger partial charge in [0.2, 0.25) is 0 Å². The number of methoxy groups -OCH3 is 2. The van der Waals surface area contributed by atoms with Gasteiger partial charge in [-0.15, -0.1) is 0 Å². The van der Waals surface area contributed by atoms with E-state index in [9.17, 15) is 9.59 Å². The predicted molar refractivity (Wildman–Crippen MR) is 117 cm³/mol. The number of carbonyl (C=O) groups is 2. The monoisotopic (exact) mass is 458 g/mol. The van der Waals surface area contributed by atoms with Crippen LogP contribution in [0.5, 0.6) is 0 Å². The number of rotatable bonds is 12. The van der Waals surface area contributed by atoms with Gasteiger partial charge >= 0.3 is 0 Å². The Morgan fingerprint density at radius 1 is 1.00 bits per heavy atom. The summed E-state index contributed by atoms with van der Waals surface area (Å²) in [5.74, 6) is -0.799. The third kappa shape index (κ3) is 5.95. The molecule has 9 heteroatoms. The number of halogens is 2. The lowest BCUT2D eigenvalue weighted by atomic mass is 10.0. The first-order valence-electron chi connectivity index (χ1n) is 9.72. The van der Waals surface area contributed by atoms with Crippen LogP contribution in [0.1, 0.15) is 19.4 Å². The fourth-order valence-corrected chi connectivity index (χ4v) is 3.62. The summed E-state index contributed by atoms with van der Waals surface area (Å²) < 4.78 is 15.9. The zero-order valence-corrected chi connectivity index (χ0v) is 19.3. The third-order valence-corrected chi connectivity index (χ3v) is 5.10. The van der Waals surface area contributed by atoms with Crippen molar-refractivity contribution in [2.75, 3.05) is 53.7 Å². The smallest absolute Gasteiger partial charge is 0.277 e. The number of carbonyl (C=O) groups excluding carboxylic acids is 2. The summed E-state index contributed by atoms with van der Waals surface area (Å²) in [5.41, 5.74) is 0.989. The summed E-state index contributed by atoms with van der Waals surface area (Å²) in [6.07, 6.45) is -0.00433. The van der Waals surface area contributed by atoms with E-state index in [4.69, 9.17) is 37.4 Å². The van der Waals surface area contributed by atoms with E-state index in [1.54, 1.807) is 37.3 Å². The van der Waals surface area contributed by atoms with Crippen LogP contribution in [0.2, 0.25) is 10.0 Å². The summed E-state index contributed by atoms with van der Waals surface area (Å²) in [6.45, 7) is 5.79. The van der Waals surface area contributed by atoms with E-state index in [2.05, 4.69) is 0 Å². The Hall–Kier alpha value is -1.64. The first-order valence-corrected chi connectivity index (χ1v) is 10.5. The van der Waals surface area contributed by atoms with Crippen LogP contribution in [0, 0.1) is 0 Å². The number of imide groups is 1. The number of amides is 2. The third-order valence-electron chi connectivity index (χ3n) is 4.56. The maximum absolute atomic E-state index is 13.3. The van der Waals surface area contributed by atoms with E-state index < -0.39 is 5.91 Å². The molecule has 0 bridgehead atoms. The second-order valence-electron chi connectivity index (χ2n) is 7.00. The highest BCUT2D eigenvalue weighted by Gasteiger charge is 2.41. The topological polar surface area (TPSA) is 68.3 Å². The normalized spacial score (nSPS) is 14.4. The number of ether oxygens (including phenoxy) is 3. The molecule has 0 saturated carbocycles. The van der Waals surface area contributed by atoms with E-state index in [1.165, 1.54) is 4.90 Å². The van der Waals surface area contributed by atoms with E-state index in [-0.39, 0.29) is 36.4 Å². The highest BCUT2D eigenvalue weighted by atomic mass is 35.5. The molecule has 0 atom stereocenters. The van der Waals surface area contributed by atoms with Crippen LogP contribution in [-0.4, -0.2) is 81.4 Å². The van der Waals surface area contributed by atoms with Crippen molar-refractivity contribution in [1.82, 2.24) is 9.80 Å². The van der Waals surface area contributed by atoms with Gasteiger partial charge in [-0.25, -0.2) is 0 Å². The van der Waals surface area contributed by atoms with Crippen molar-refractivity contribution in [2.45, 2.75) is 20.0 Å². The van der Waals surface area contributed by atoms with Crippen LogP contribution < -0.4 is 0 Å². The molecular formula is C21H28Cl2N2O5. The maximum atomic E-state index is 13.3. The number of nitrogens with zero attached hydrogens (tertiary/aromatic N) is 2. The molecule has 0 unspecified atom stereocenters. The molecule has 0 aromatic heterocycles. The summed E-state index contributed by atoms with van der Waals surface area (Å²) in [5, 5.41) is 0.746. The SMILES string of the molecule is COCCN(CCOC)C1=C(c2ccc(Cl)cc2Cl)C(=O)N(CCOC(C)C)C1=O. The zero-order valence-electron chi connectivity index (χ0n) is 17.7. The fraction of sp³-hybridized carbons (Fsp3) is 0.524. The number of benzene rings is 1. The van der Waals surface area contributed by atoms with Crippen molar-refractivity contribution in [1.29, 1.82) is 0 Å². The van der Waals surface area contributed by atoms with Gasteiger partial charge < -0.3 is 19.1 Å². The standard InChI is InChI=1S/C21H28Cl2N2O5/c1-14(2)30-12-9-25-20(26)18(16-6-5-15(22)13-17(16)23)19(21(25)27)24(7-10-28-3)8-11-29-4/h5-6,13-14H,7-12H2,1-4H3. The quantitative estimate of drug-likeness (QED) is 0.448. The summed E-state index contributed by atoms with van der Waals surface area (Å²) >= 11 is 12.4. The Bertz CT molecular complexity index is 790. The highest BCUT2D eigenvalue weighted by Crippen LogP contribution is 2.36. The van der Waals surface area contributed by atoms with Crippen LogP contribution in [0.4, 0.5) is 0 Å². The van der Waals surface area contributed by atoms with E-state index in [0.717, 1.165) is 0 Å². The van der Waals surface area contributed by atoms with Crippen LogP contribution in [0.3, 0.4) is 0 Å². The van der Waals surface area contributed by atoms with Gasteiger partial charge in [-0.1, -0.05) is 29.3 Å². The molecule has 0 aliphatic carbocycles. The molecule has 2 amide bonds. The molecule has 0 fully saturated rings. The lowest BCUT2D eigenvalue weighted by molar-refractivity contribution is -0.138. The van der Waals surface area contributed by atoms with Crippen molar-refractivity contribution in [3.05, 3.63) is 39.5 Å². The van der Waals surface area contributed by atoms with Crippen molar-refractivity contribution in [3.8, 4) is 0 Å². The van der Waals surface area contributed by atoms with Gasteiger partial charge in [-0.05, 0) is 26.0 Å². The molecule has 1 aliphatic rings. The second kappa shape index (κ2) is 11.7. The van der Waals surface area contributed by atoms with Gasteiger partial charge in [0, 0.05) is 37.9 Å². The van der Waals surface area contributed by atoms with Crippen molar-refractivity contribution in [3.63, 3.8) is 0 Å². The lowest BCUT2D eigenvalue weighted by Gasteiger charge is -2.25. The summed E-state index contributed by atoms with van der Waals surface area (Å²) in [6, 6.07) is 4.86. The molecule has 0 N–H and O–H groups in total. The Balaban J connectivity index is 2.49. The number of hydrogen-bond donors (Lipinski definition) is 0. The van der Waals surface area contributed by atoms with Gasteiger partial charge in [0.05, 0.1) is 43.1 Å². The minimum atomic E-state index is -0.411. The van der Waals surface area contributed by atoms with E-state index >= 15 is 0 Å². The average molecular weight is 459 g/mol. The van der Waals surface area contributed by atoms with Gasteiger partial charge in [0.25, 0.3) is 11.8 Å². The largest absolute Gasteiger partial charge is 0.383 e. The molecule has 1 aliphatic heterocycles. The van der Waals surface area contributed by atoms with Crippen molar-refractivity contribution < 1.29 is 23.8 Å². The maximum Gasteiger partial charge on any atom is 0.277 e. The van der Waals surface area contributed by atoms with Gasteiger partial charge in [-0.2, -0.15) is 0 Å². The molecule has 7 nitrogen and oxygen atoms in total. The highest BCUT2D eigenvalue weighted by molar-refractivity contribution is 6.41. The number of hydrogen-bond acceptors (Lipinski definition) is 6. The molecule has 30 heavy (non-hydrogen) atoms. The molecule has 166 valence electrons. The van der Waals surface area contributed by atoms with Gasteiger partial charge in [-0.3, -0.25) is 14.5 Å².